The molecule has 0 spiro atoms. The van der Waals surface area contributed by atoms with Crippen molar-refractivity contribution in [3.63, 3.8) is 0 Å². The number of benzene rings is 1. The summed E-state index contributed by atoms with van der Waals surface area (Å²) >= 11 is 0. The van der Waals surface area contributed by atoms with Crippen LogP contribution in [0.1, 0.15) is 50.7 Å². The number of nitrogens with one attached hydrogen (secondary N) is 2. The van der Waals surface area contributed by atoms with Gasteiger partial charge in [0.2, 0.25) is 5.91 Å². The van der Waals surface area contributed by atoms with E-state index >= 15 is 0 Å². The smallest absolute Gasteiger partial charge is 0.224 e. The summed E-state index contributed by atoms with van der Waals surface area (Å²) in [5.74, 6) is 0.136. The normalized spacial score (nSPS) is 21.0. The second-order valence-electron chi connectivity index (χ2n) is 6.16. The number of rotatable bonds is 6. The first-order valence-electron chi connectivity index (χ1n) is 8.29. The molecule has 2 rings (SSSR count). The van der Waals surface area contributed by atoms with Gasteiger partial charge >= 0.3 is 0 Å². The maximum atomic E-state index is 12.1. The molecule has 2 atom stereocenters. The van der Waals surface area contributed by atoms with Crippen LogP contribution in [0.3, 0.4) is 0 Å². The number of amides is 1. The van der Waals surface area contributed by atoms with Crippen LogP contribution in [0.15, 0.2) is 24.3 Å². The molecule has 124 valence electrons. The van der Waals surface area contributed by atoms with Gasteiger partial charge in [0.1, 0.15) is 0 Å². The van der Waals surface area contributed by atoms with Crippen molar-refractivity contribution in [2.75, 3.05) is 6.54 Å². The van der Waals surface area contributed by atoms with Crippen LogP contribution in [-0.4, -0.2) is 24.5 Å². The number of carbonyl (C=O) groups is 1. The Balaban J connectivity index is 0.00000242. The third-order valence-electron chi connectivity index (χ3n) is 4.31. The Hall–Kier alpha value is -1.06. The molecule has 22 heavy (non-hydrogen) atoms. The van der Waals surface area contributed by atoms with Crippen LogP contribution in [0.25, 0.3) is 0 Å². The molecule has 1 aliphatic heterocycles. The van der Waals surface area contributed by atoms with Crippen LogP contribution in [0.2, 0.25) is 0 Å². The molecule has 1 saturated heterocycles. The van der Waals surface area contributed by atoms with Gasteiger partial charge in [-0.3, -0.25) is 4.79 Å². The average Bonchev–Trinajstić information content (AvgIpc) is 2.49. The van der Waals surface area contributed by atoms with Gasteiger partial charge < -0.3 is 10.6 Å². The van der Waals surface area contributed by atoms with Gasteiger partial charge in [-0.1, -0.05) is 37.6 Å². The molecular weight excluding hydrogens is 296 g/mol. The van der Waals surface area contributed by atoms with E-state index in [0.717, 1.165) is 31.4 Å². The van der Waals surface area contributed by atoms with E-state index in [1.54, 1.807) is 0 Å². The lowest BCUT2D eigenvalue weighted by atomic mass is 9.99. The Bertz CT molecular complexity index is 447. The highest BCUT2D eigenvalue weighted by Gasteiger charge is 2.22. The fourth-order valence-corrected chi connectivity index (χ4v) is 2.89. The summed E-state index contributed by atoms with van der Waals surface area (Å²) in [6.07, 6.45) is 6.28. The Morgan fingerprint density at radius 2 is 1.95 bits per heavy atom. The van der Waals surface area contributed by atoms with Gasteiger partial charge in [0.15, 0.2) is 0 Å². The summed E-state index contributed by atoms with van der Waals surface area (Å²) in [4.78, 5) is 12.1. The van der Waals surface area contributed by atoms with E-state index in [0.29, 0.717) is 12.5 Å². The monoisotopic (exact) mass is 324 g/mol. The molecule has 1 amide bonds. The Kier molecular flexibility index (Phi) is 8.51. The van der Waals surface area contributed by atoms with Crippen LogP contribution < -0.4 is 10.6 Å². The molecular formula is C18H29ClN2O. The summed E-state index contributed by atoms with van der Waals surface area (Å²) in [6, 6.07) is 9.14. The third-order valence-corrected chi connectivity index (χ3v) is 4.31. The van der Waals surface area contributed by atoms with Gasteiger partial charge in [0.25, 0.3) is 0 Å². The van der Waals surface area contributed by atoms with Crippen molar-refractivity contribution in [1.29, 1.82) is 0 Å². The molecule has 0 radical (unpaired) electrons. The van der Waals surface area contributed by atoms with E-state index in [1.165, 1.54) is 18.4 Å². The molecule has 1 aromatic carbocycles. The lowest BCUT2D eigenvalue weighted by molar-refractivity contribution is -0.121. The summed E-state index contributed by atoms with van der Waals surface area (Å²) in [5.41, 5.74) is 2.47. The van der Waals surface area contributed by atoms with Crippen molar-refractivity contribution in [1.82, 2.24) is 10.6 Å². The van der Waals surface area contributed by atoms with E-state index in [4.69, 9.17) is 0 Å². The van der Waals surface area contributed by atoms with Crippen molar-refractivity contribution in [2.24, 2.45) is 0 Å². The van der Waals surface area contributed by atoms with Crippen molar-refractivity contribution in [3.8, 4) is 0 Å². The minimum absolute atomic E-state index is 0. The van der Waals surface area contributed by atoms with E-state index in [9.17, 15) is 4.79 Å². The largest absolute Gasteiger partial charge is 0.352 e. The molecule has 1 fully saturated rings. The zero-order valence-electron chi connectivity index (χ0n) is 13.7. The van der Waals surface area contributed by atoms with Crippen LogP contribution in [-0.2, 0) is 17.6 Å². The molecule has 1 heterocycles. The zero-order valence-corrected chi connectivity index (χ0v) is 14.5. The second kappa shape index (κ2) is 9.86. The predicted octanol–water partition coefficient (Wildman–Crippen LogP) is 3.25. The summed E-state index contributed by atoms with van der Waals surface area (Å²) in [7, 11) is 0. The van der Waals surface area contributed by atoms with Crippen LogP contribution in [0.4, 0.5) is 0 Å². The highest BCUT2D eigenvalue weighted by molar-refractivity contribution is 5.85. The van der Waals surface area contributed by atoms with Gasteiger partial charge in [0, 0.05) is 12.1 Å². The molecule has 0 bridgehead atoms. The van der Waals surface area contributed by atoms with Crippen molar-refractivity contribution < 1.29 is 4.79 Å². The van der Waals surface area contributed by atoms with Gasteiger partial charge in [-0.15, -0.1) is 12.4 Å². The second-order valence-corrected chi connectivity index (χ2v) is 6.16. The minimum Gasteiger partial charge on any atom is -0.352 e. The van der Waals surface area contributed by atoms with Crippen LogP contribution >= 0.6 is 12.4 Å². The first-order chi connectivity index (χ1) is 10.2. The first kappa shape index (κ1) is 19.0. The number of unbranched alkanes of at least 4 members (excludes halogenated alkanes) is 1. The third kappa shape index (κ3) is 5.98. The molecule has 4 heteroatoms. The Morgan fingerprint density at radius 1 is 1.27 bits per heavy atom. The average molecular weight is 325 g/mol. The summed E-state index contributed by atoms with van der Waals surface area (Å²) in [6.45, 7) is 5.42. The quantitative estimate of drug-likeness (QED) is 0.843. The Labute approximate surface area is 140 Å². The predicted molar refractivity (Wildman–Crippen MR) is 94.6 cm³/mol. The lowest BCUT2D eigenvalue weighted by Gasteiger charge is -2.30. The molecule has 3 nitrogen and oxygen atoms in total. The first-order valence-corrected chi connectivity index (χ1v) is 8.29. The molecule has 0 aliphatic carbocycles. The fourth-order valence-electron chi connectivity index (χ4n) is 2.89. The maximum Gasteiger partial charge on any atom is 0.224 e. The fraction of sp³-hybridized carbons (Fsp3) is 0.611. The van der Waals surface area contributed by atoms with Crippen LogP contribution in [0, 0.1) is 0 Å². The summed E-state index contributed by atoms with van der Waals surface area (Å²) < 4.78 is 0. The molecule has 1 aromatic rings. The lowest BCUT2D eigenvalue weighted by Crippen LogP contribution is -2.52. The number of piperidine rings is 1. The SMILES string of the molecule is CCCCc1ccc(CC(=O)NC2CCCNC2C)cc1.Cl. The van der Waals surface area contributed by atoms with E-state index in [1.807, 2.05) is 0 Å². The number of hydrogen-bond acceptors (Lipinski definition) is 2. The highest BCUT2D eigenvalue weighted by Crippen LogP contribution is 2.11. The number of hydrogen-bond donors (Lipinski definition) is 2. The van der Waals surface area contributed by atoms with Crippen molar-refractivity contribution in [3.05, 3.63) is 35.4 Å². The van der Waals surface area contributed by atoms with Gasteiger partial charge in [0.05, 0.1) is 6.42 Å². The number of carbonyl (C=O) groups excluding carboxylic acids is 1. The summed E-state index contributed by atoms with van der Waals surface area (Å²) in [5, 5.41) is 6.58. The molecule has 0 saturated carbocycles. The molecule has 2 N–H and O–H groups in total. The van der Waals surface area contributed by atoms with Crippen molar-refractivity contribution >= 4 is 18.3 Å². The maximum absolute atomic E-state index is 12.1. The highest BCUT2D eigenvalue weighted by atomic mass is 35.5. The van der Waals surface area contributed by atoms with E-state index < -0.39 is 0 Å². The van der Waals surface area contributed by atoms with E-state index in [-0.39, 0.29) is 24.4 Å². The topological polar surface area (TPSA) is 41.1 Å². The van der Waals surface area contributed by atoms with Gasteiger partial charge in [-0.2, -0.15) is 0 Å². The number of aryl methyl sites for hydroxylation is 1. The standard InChI is InChI=1S/C18H28N2O.ClH/c1-3-4-6-15-8-10-16(11-9-15)13-18(21)20-17-7-5-12-19-14(17)2;/h8-11,14,17,19H,3-7,12-13H2,1-2H3,(H,20,21);1H. The zero-order chi connectivity index (χ0) is 15.1. The molecule has 0 aromatic heterocycles. The minimum atomic E-state index is 0. The van der Waals surface area contributed by atoms with Crippen molar-refractivity contribution in [2.45, 2.75) is 64.5 Å². The van der Waals surface area contributed by atoms with Gasteiger partial charge in [-0.25, -0.2) is 0 Å². The molecule has 2 unspecified atom stereocenters. The number of halogens is 1. The van der Waals surface area contributed by atoms with Crippen LogP contribution in [0.5, 0.6) is 0 Å². The Morgan fingerprint density at radius 3 is 2.59 bits per heavy atom. The van der Waals surface area contributed by atoms with E-state index in [2.05, 4.69) is 48.7 Å². The molecule has 1 aliphatic rings. The van der Waals surface area contributed by atoms with Gasteiger partial charge in [-0.05, 0) is 50.3 Å².